The van der Waals surface area contributed by atoms with Crippen molar-refractivity contribution in [3.8, 4) is 34.0 Å². The van der Waals surface area contributed by atoms with Crippen molar-refractivity contribution < 1.29 is 9.47 Å². The number of ether oxygens (including phenoxy) is 2. The normalized spacial score (nSPS) is 14.4. The van der Waals surface area contributed by atoms with E-state index in [1.165, 1.54) is 24.0 Å². The molecule has 3 aromatic heterocycles. The molecule has 7 heteroatoms. The summed E-state index contributed by atoms with van der Waals surface area (Å²) >= 11 is 0. The second-order valence-corrected chi connectivity index (χ2v) is 10.3. The summed E-state index contributed by atoms with van der Waals surface area (Å²) < 4.78 is 13.3. The van der Waals surface area contributed by atoms with Gasteiger partial charge in [-0.2, -0.15) is 5.10 Å². The molecule has 1 aliphatic carbocycles. The molecule has 0 saturated carbocycles. The van der Waals surface area contributed by atoms with E-state index < -0.39 is 0 Å². The fourth-order valence-corrected chi connectivity index (χ4v) is 5.75. The summed E-state index contributed by atoms with van der Waals surface area (Å²) in [4.78, 5) is 12.3. The van der Waals surface area contributed by atoms with Gasteiger partial charge in [0, 0.05) is 36.5 Å². The van der Waals surface area contributed by atoms with E-state index in [1.54, 1.807) is 14.2 Å². The van der Waals surface area contributed by atoms with Crippen LogP contribution in [0.3, 0.4) is 0 Å². The molecule has 7 nitrogen and oxygen atoms in total. The van der Waals surface area contributed by atoms with Crippen molar-refractivity contribution in [2.75, 3.05) is 32.2 Å². The molecule has 39 heavy (non-hydrogen) atoms. The molecular formula is C32H31N5O2. The van der Waals surface area contributed by atoms with Crippen LogP contribution in [0, 0.1) is 0 Å². The lowest BCUT2D eigenvalue weighted by atomic mass is 9.99. The molecule has 0 radical (unpaired) electrons. The number of rotatable bonds is 7. The highest BCUT2D eigenvalue weighted by Crippen LogP contribution is 2.39. The lowest BCUT2D eigenvalue weighted by molar-refractivity contribution is 0.414. The minimum absolute atomic E-state index is 0.602. The topological polar surface area (TPSA) is 65.3 Å². The SMILES string of the molecule is COc1ccc(Cn2nc(-c3ccc(N4CCC4)nc3)c3nc(-c4cccc5c4CCC5)c(OC)cc32)cc1. The summed E-state index contributed by atoms with van der Waals surface area (Å²) in [6.07, 6.45) is 6.52. The van der Waals surface area contributed by atoms with Crippen LogP contribution < -0.4 is 14.4 Å². The first-order chi connectivity index (χ1) is 19.2. The molecule has 0 atom stereocenters. The van der Waals surface area contributed by atoms with Crippen molar-refractivity contribution in [3.05, 3.63) is 83.6 Å². The third-order valence-corrected chi connectivity index (χ3v) is 8.00. The Morgan fingerprint density at radius 1 is 0.872 bits per heavy atom. The van der Waals surface area contributed by atoms with Gasteiger partial charge in [-0.1, -0.05) is 30.3 Å². The zero-order valence-corrected chi connectivity index (χ0v) is 22.4. The molecule has 5 aromatic rings. The van der Waals surface area contributed by atoms with Gasteiger partial charge < -0.3 is 14.4 Å². The van der Waals surface area contributed by atoms with Crippen LogP contribution in [0.1, 0.15) is 29.5 Å². The molecule has 0 spiro atoms. The van der Waals surface area contributed by atoms with Crippen molar-refractivity contribution in [1.29, 1.82) is 0 Å². The van der Waals surface area contributed by atoms with Gasteiger partial charge in [-0.05, 0) is 66.6 Å². The Balaban J connectivity index is 1.39. The van der Waals surface area contributed by atoms with Crippen molar-refractivity contribution in [3.63, 3.8) is 0 Å². The average molecular weight is 518 g/mol. The second kappa shape index (κ2) is 9.73. The number of hydrogen-bond donors (Lipinski definition) is 0. The van der Waals surface area contributed by atoms with Gasteiger partial charge in [-0.3, -0.25) is 4.68 Å². The molecule has 7 rings (SSSR count). The molecule has 0 unspecified atom stereocenters. The zero-order valence-electron chi connectivity index (χ0n) is 22.4. The van der Waals surface area contributed by atoms with Gasteiger partial charge in [-0.15, -0.1) is 0 Å². The Kier molecular flexibility index (Phi) is 5.91. The lowest BCUT2D eigenvalue weighted by Crippen LogP contribution is -2.37. The molecule has 1 saturated heterocycles. The van der Waals surface area contributed by atoms with Crippen LogP contribution in [0.5, 0.6) is 11.5 Å². The molecule has 196 valence electrons. The number of hydrogen-bond acceptors (Lipinski definition) is 6. The third kappa shape index (κ3) is 4.18. The number of pyridine rings is 2. The van der Waals surface area contributed by atoms with E-state index in [9.17, 15) is 0 Å². The summed E-state index contributed by atoms with van der Waals surface area (Å²) in [7, 11) is 3.40. The largest absolute Gasteiger partial charge is 0.497 e. The summed E-state index contributed by atoms with van der Waals surface area (Å²) in [6, 6.07) is 20.9. The van der Waals surface area contributed by atoms with E-state index in [4.69, 9.17) is 24.5 Å². The van der Waals surface area contributed by atoms with Gasteiger partial charge in [0.2, 0.25) is 0 Å². The van der Waals surface area contributed by atoms with Gasteiger partial charge in [0.25, 0.3) is 0 Å². The summed E-state index contributed by atoms with van der Waals surface area (Å²) in [6.45, 7) is 2.74. The highest BCUT2D eigenvalue weighted by atomic mass is 16.5. The first kappa shape index (κ1) is 23.7. The zero-order chi connectivity index (χ0) is 26.3. The molecule has 1 aliphatic heterocycles. The predicted molar refractivity (Wildman–Crippen MR) is 154 cm³/mol. The molecule has 4 heterocycles. The smallest absolute Gasteiger partial charge is 0.147 e. The minimum Gasteiger partial charge on any atom is -0.497 e. The van der Waals surface area contributed by atoms with Crippen molar-refractivity contribution in [2.45, 2.75) is 32.2 Å². The van der Waals surface area contributed by atoms with Crippen LogP contribution in [0.2, 0.25) is 0 Å². The van der Waals surface area contributed by atoms with E-state index in [0.717, 1.165) is 82.4 Å². The molecule has 2 aliphatic rings. The molecule has 0 amide bonds. The van der Waals surface area contributed by atoms with Gasteiger partial charge >= 0.3 is 0 Å². The molecule has 0 bridgehead atoms. The fraction of sp³-hybridized carbons (Fsp3) is 0.281. The van der Waals surface area contributed by atoms with Crippen LogP contribution in [0.15, 0.2) is 66.9 Å². The van der Waals surface area contributed by atoms with Crippen LogP contribution in [0.25, 0.3) is 33.5 Å². The highest BCUT2D eigenvalue weighted by molar-refractivity contribution is 5.93. The number of methoxy groups -OCH3 is 2. The van der Waals surface area contributed by atoms with E-state index >= 15 is 0 Å². The summed E-state index contributed by atoms with van der Waals surface area (Å²) in [5, 5.41) is 5.10. The highest BCUT2D eigenvalue weighted by Gasteiger charge is 2.23. The maximum Gasteiger partial charge on any atom is 0.147 e. The van der Waals surface area contributed by atoms with Gasteiger partial charge in [0.15, 0.2) is 0 Å². The molecule has 2 aromatic carbocycles. The standard InChI is InChI=1S/C32H31N5O2/c1-38-24-13-10-21(11-14-24)20-37-27-18-28(39-2)31(26-9-4-7-22-6-3-8-25(22)26)34-32(27)30(35-37)23-12-15-29(33-19-23)36-16-5-17-36/h4,7,9-15,18-19H,3,5-6,8,16-17,20H2,1-2H3. The monoisotopic (exact) mass is 517 g/mol. The first-order valence-corrected chi connectivity index (χ1v) is 13.6. The number of nitrogens with zero attached hydrogens (tertiary/aromatic N) is 5. The summed E-state index contributed by atoms with van der Waals surface area (Å²) in [5.41, 5.74) is 9.53. The average Bonchev–Trinajstić information content (AvgIpc) is 3.57. The van der Waals surface area contributed by atoms with E-state index in [-0.39, 0.29) is 0 Å². The van der Waals surface area contributed by atoms with Gasteiger partial charge in [0.1, 0.15) is 34.2 Å². The summed E-state index contributed by atoms with van der Waals surface area (Å²) in [5.74, 6) is 2.61. The second-order valence-electron chi connectivity index (χ2n) is 10.3. The Hall–Kier alpha value is -4.39. The number of aromatic nitrogens is 4. The third-order valence-electron chi connectivity index (χ3n) is 8.00. The molecule has 0 N–H and O–H groups in total. The maximum atomic E-state index is 5.94. The number of benzene rings is 2. The molecule has 1 fully saturated rings. The fourth-order valence-electron chi connectivity index (χ4n) is 5.75. The van der Waals surface area contributed by atoms with Crippen molar-refractivity contribution in [2.24, 2.45) is 0 Å². The van der Waals surface area contributed by atoms with Crippen molar-refractivity contribution in [1.82, 2.24) is 19.7 Å². The van der Waals surface area contributed by atoms with Crippen LogP contribution in [0.4, 0.5) is 5.82 Å². The number of aryl methyl sites for hydroxylation is 1. The molecular weight excluding hydrogens is 486 g/mol. The lowest BCUT2D eigenvalue weighted by Gasteiger charge is -2.31. The van der Waals surface area contributed by atoms with Gasteiger partial charge in [-0.25, -0.2) is 9.97 Å². The van der Waals surface area contributed by atoms with E-state index in [2.05, 4.69) is 53.4 Å². The quantitative estimate of drug-likeness (QED) is 0.267. The van der Waals surface area contributed by atoms with Crippen LogP contribution in [-0.4, -0.2) is 47.1 Å². The Bertz CT molecular complexity index is 1650. The van der Waals surface area contributed by atoms with Crippen LogP contribution >= 0.6 is 0 Å². The first-order valence-electron chi connectivity index (χ1n) is 13.6. The van der Waals surface area contributed by atoms with Gasteiger partial charge in [0.05, 0.1) is 26.3 Å². The van der Waals surface area contributed by atoms with E-state index in [0.29, 0.717) is 6.54 Å². The number of fused-ring (bicyclic) bond motifs is 2. The van der Waals surface area contributed by atoms with Crippen LogP contribution in [-0.2, 0) is 19.4 Å². The maximum absolute atomic E-state index is 5.94. The van der Waals surface area contributed by atoms with E-state index in [1.807, 2.05) is 23.0 Å². The Morgan fingerprint density at radius 2 is 1.74 bits per heavy atom. The Labute approximate surface area is 228 Å². The van der Waals surface area contributed by atoms with Crippen molar-refractivity contribution >= 4 is 16.9 Å². The minimum atomic E-state index is 0.602. The number of anilines is 1. The predicted octanol–water partition coefficient (Wildman–Crippen LogP) is 5.92. The Morgan fingerprint density at radius 3 is 2.46 bits per heavy atom.